The maximum absolute atomic E-state index is 5.66. The SMILES string of the molecule is CC(C)=C/C=C(/N)C=C(C)C. The van der Waals surface area contributed by atoms with Crippen LogP contribution in [0.15, 0.2) is 35.1 Å². The van der Waals surface area contributed by atoms with Crippen molar-refractivity contribution >= 4 is 0 Å². The van der Waals surface area contributed by atoms with Crippen molar-refractivity contribution in [2.24, 2.45) is 5.73 Å². The molecule has 0 radical (unpaired) electrons. The zero-order valence-corrected chi connectivity index (χ0v) is 7.81. The summed E-state index contributed by atoms with van der Waals surface area (Å²) in [5.41, 5.74) is 8.96. The summed E-state index contributed by atoms with van der Waals surface area (Å²) in [6.45, 7) is 8.16. The minimum Gasteiger partial charge on any atom is -0.399 e. The van der Waals surface area contributed by atoms with E-state index < -0.39 is 0 Å². The van der Waals surface area contributed by atoms with Crippen LogP contribution in [0.2, 0.25) is 0 Å². The van der Waals surface area contributed by atoms with E-state index in [0.29, 0.717) is 0 Å². The quantitative estimate of drug-likeness (QED) is 0.603. The van der Waals surface area contributed by atoms with Crippen LogP contribution in [0.5, 0.6) is 0 Å². The first-order valence-electron chi connectivity index (χ1n) is 3.78. The molecule has 11 heavy (non-hydrogen) atoms. The molecule has 0 saturated heterocycles. The Balaban J connectivity index is 4.25. The second-order valence-electron chi connectivity index (χ2n) is 3.13. The van der Waals surface area contributed by atoms with Crippen molar-refractivity contribution in [3.05, 3.63) is 35.1 Å². The van der Waals surface area contributed by atoms with Gasteiger partial charge in [-0.3, -0.25) is 0 Å². The highest BCUT2D eigenvalue weighted by molar-refractivity contribution is 5.24. The first kappa shape index (κ1) is 10.0. The summed E-state index contributed by atoms with van der Waals surface area (Å²) < 4.78 is 0. The van der Waals surface area contributed by atoms with Crippen LogP contribution in [0, 0.1) is 0 Å². The summed E-state index contributed by atoms with van der Waals surface area (Å²) in [5, 5.41) is 0. The molecule has 0 rings (SSSR count). The van der Waals surface area contributed by atoms with E-state index in [9.17, 15) is 0 Å². The van der Waals surface area contributed by atoms with E-state index in [4.69, 9.17) is 5.73 Å². The average Bonchev–Trinajstić information content (AvgIpc) is 1.82. The van der Waals surface area contributed by atoms with Gasteiger partial charge in [-0.15, -0.1) is 0 Å². The zero-order valence-electron chi connectivity index (χ0n) is 7.81. The standard InChI is InChI=1S/C10H17N/c1-8(2)5-6-10(11)7-9(3)4/h5-7H,11H2,1-4H3/b10-6+. The molecule has 0 aliphatic heterocycles. The van der Waals surface area contributed by atoms with Gasteiger partial charge in [0, 0.05) is 5.70 Å². The van der Waals surface area contributed by atoms with Gasteiger partial charge >= 0.3 is 0 Å². The van der Waals surface area contributed by atoms with Crippen LogP contribution >= 0.6 is 0 Å². The van der Waals surface area contributed by atoms with Gasteiger partial charge in [0.05, 0.1) is 0 Å². The molecule has 0 amide bonds. The summed E-state index contributed by atoms with van der Waals surface area (Å²) in [5.74, 6) is 0. The van der Waals surface area contributed by atoms with Crippen molar-refractivity contribution < 1.29 is 0 Å². The Morgan fingerprint density at radius 1 is 0.909 bits per heavy atom. The summed E-state index contributed by atoms with van der Waals surface area (Å²) >= 11 is 0. The minimum atomic E-state index is 0.811. The summed E-state index contributed by atoms with van der Waals surface area (Å²) in [4.78, 5) is 0. The van der Waals surface area contributed by atoms with Gasteiger partial charge < -0.3 is 5.73 Å². The minimum absolute atomic E-state index is 0.811. The van der Waals surface area contributed by atoms with Crippen LogP contribution in [0.4, 0.5) is 0 Å². The smallest absolute Gasteiger partial charge is 0.0313 e. The topological polar surface area (TPSA) is 26.0 Å². The summed E-state index contributed by atoms with van der Waals surface area (Å²) in [6, 6.07) is 0. The van der Waals surface area contributed by atoms with Crippen LogP contribution in [0.25, 0.3) is 0 Å². The third-order valence-electron chi connectivity index (χ3n) is 1.06. The second-order valence-corrected chi connectivity index (χ2v) is 3.13. The van der Waals surface area contributed by atoms with Crippen molar-refractivity contribution in [3.63, 3.8) is 0 Å². The Bertz CT molecular complexity index is 199. The van der Waals surface area contributed by atoms with Gasteiger partial charge in [-0.05, 0) is 39.8 Å². The highest BCUT2D eigenvalue weighted by Gasteiger charge is 1.81. The van der Waals surface area contributed by atoms with E-state index in [-0.39, 0.29) is 0 Å². The van der Waals surface area contributed by atoms with E-state index in [2.05, 4.69) is 0 Å². The molecular weight excluding hydrogens is 134 g/mol. The molecule has 0 fully saturated rings. The van der Waals surface area contributed by atoms with Crippen molar-refractivity contribution in [2.75, 3.05) is 0 Å². The molecule has 0 aromatic carbocycles. The van der Waals surface area contributed by atoms with Crippen LogP contribution in [-0.2, 0) is 0 Å². The fraction of sp³-hybridized carbons (Fsp3) is 0.400. The van der Waals surface area contributed by atoms with Gasteiger partial charge in [-0.2, -0.15) is 0 Å². The Kier molecular flexibility index (Phi) is 4.35. The van der Waals surface area contributed by atoms with Crippen molar-refractivity contribution in [2.45, 2.75) is 27.7 Å². The van der Waals surface area contributed by atoms with Gasteiger partial charge in [-0.1, -0.05) is 17.2 Å². The van der Waals surface area contributed by atoms with Gasteiger partial charge in [-0.25, -0.2) is 0 Å². The molecule has 0 atom stereocenters. The molecule has 1 heteroatoms. The number of allylic oxidation sites excluding steroid dienone is 5. The number of hydrogen-bond acceptors (Lipinski definition) is 1. The third-order valence-corrected chi connectivity index (χ3v) is 1.06. The Hall–Kier alpha value is -0.980. The molecule has 62 valence electrons. The van der Waals surface area contributed by atoms with Crippen molar-refractivity contribution in [1.82, 2.24) is 0 Å². The van der Waals surface area contributed by atoms with Gasteiger partial charge in [0.2, 0.25) is 0 Å². The van der Waals surface area contributed by atoms with E-state index >= 15 is 0 Å². The van der Waals surface area contributed by atoms with Gasteiger partial charge in [0.25, 0.3) is 0 Å². The highest BCUT2D eigenvalue weighted by atomic mass is 14.5. The first-order valence-corrected chi connectivity index (χ1v) is 3.78. The van der Waals surface area contributed by atoms with Crippen LogP contribution in [-0.4, -0.2) is 0 Å². The molecule has 0 heterocycles. The lowest BCUT2D eigenvalue weighted by Crippen LogP contribution is -1.92. The second kappa shape index (κ2) is 4.78. The molecule has 0 aliphatic rings. The van der Waals surface area contributed by atoms with Gasteiger partial charge in [0.1, 0.15) is 0 Å². The van der Waals surface area contributed by atoms with Crippen LogP contribution in [0.3, 0.4) is 0 Å². The van der Waals surface area contributed by atoms with E-state index in [1.807, 2.05) is 45.9 Å². The summed E-state index contributed by atoms with van der Waals surface area (Å²) in [7, 11) is 0. The number of hydrogen-bond donors (Lipinski definition) is 1. The molecule has 0 unspecified atom stereocenters. The predicted octanol–water partition coefficient (Wildman–Crippen LogP) is 2.76. The van der Waals surface area contributed by atoms with Crippen LogP contribution in [0.1, 0.15) is 27.7 Å². The van der Waals surface area contributed by atoms with Crippen LogP contribution < -0.4 is 5.73 Å². The van der Waals surface area contributed by atoms with E-state index in [0.717, 1.165) is 5.70 Å². The molecule has 2 N–H and O–H groups in total. The summed E-state index contributed by atoms with van der Waals surface area (Å²) in [6.07, 6.45) is 5.89. The largest absolute Gasteiger partial charge is 0.399 e. The fourth-order valence-electron chi connectivity index (χ4n) is 0.644. The van der Waals surface area contributed by atoms with Crippen molar-refractivity contribution in [1.29, 1.82) is 0 Å². The Morgan fingerprint density at radius 2 is 1.45 bits per heavy atom. The van der Waals surface area contributed by atoms with E-state index in [1.165, 1.54) is 11.1 Å². The fourth-order valence-corrected chi connectivity index (χ4v) is 0.644. The molecule has 0 aromatic rings. The normalized spacial score (nSPS) is 10.7. The third kappa shape index (κ3) is 6.91. The molecule has 0 aliphatic carbocycles. The Labute approximate surface area is 69.3 Å². The maximum Gasteiger partial charge on any atom is 0.0313 e. The lowest BCUT2D eigenvalue weighted by Gasteiger charge is -1.92. The average molecular weight is 151 g/mol. The first-order chi connectivity index (χ1) is 5.02. The van der Waals surface area contributed by atoms with E-state index in [1.54, 1.807) is 0 Å². The molecule has 1 nitrogen and oxygen atoms in total. The highest BCUT2D eigenvalue weighted by Crippen LogP contribution is 1.97. The number of nitrogens with two attached hydrogens (primary N) is 1. The lowest BCUT2D eigenvalue weighted by molar-refractivity contribution is 1.31. The monoisotopic (exact) mass is 151 g/mol. The lowest BCUT2D eigenvalue weighted by atomic mass is 10.2. The molecule has 0 saturated carbocycles. The molecular formula is C10H17N. The maximum atomic E-state index is 5.66. The zero-order chi connectivity index (χ0) is 8.85. The van der Waals surface area contributed by atoms with Crippen molar-refractivity contribution in [3.8, 4) is 0 Å². The molecule has 0 bridgehead atoms. The molecule has 0 aromatic heterocycles. The Morgan fingerprint density at radius 3 is 1.82 bits per heavy atom. The molecule has 0 spiro atoms. The van der Waals surface area contributed by atoms with Gasteiger partial charge in [0.15, 0.2) is 0 Å². The predicted molar refractivity (Wildman–Crippen MR) is 51.1 cm³/mol. The number of rotatable bonds is 2.